The third-order valence-corrected chi connectivity index (χ3v) is 3.62. The fourth-order valence-corrected chi connectivity index (χ4v) is 2.14. The Labute approximate surface area is 119 Å². The highest BCUT2D eigenvalue weighted by Gasteiger charge is 2.13. The van der Waals surface area contributed by atoms with Gasteiger partial charge >= 0.3 is 0 Å². The number of hydrogen-bond donors (Lipinski definition) is 1. The highest BCUT2D eigenvalue weighted by Crippen LogP contribution is 2.27. The molecule has 0 aliphatic rings. The molecule has 0 fully saturated rings. The summed E-state index contributed by atoms with van der Waals surface area (Å²) in [6, 6.07) is 8.20. The van der Waals surface area contributed by atoms with Crippen LogP contribution in [0.4, 0.5) is 11.4 Å². The van der Waals surface area contributed by atoms with Gasteiger partial charge in [-0.05, 0) is 12.1 Å². The number of nitrogens with zero attached hydrogens (tertiary/aromatic N) is 2. The van der Waals surface area contributed by atoms with E-state index in [0.29, 0.717) is 22.4 Å². The van der Waals surface area contributed by atoms with E-state index in [9.17, 15) is 10.1 Å². The predicted molar refractivity (Wildman–Crippen MR) is 75.9 cm³/mol. The molecular formula is C12H11Cl2N3O2. The summed E-state index contributed by atoms with van der Waals surface area (Å²) >= 11 is 11.9. The van der Waals surface area contributed by atoms with Gasteiger partial charge in [-0.1, -0.05) is 35.3 Å². The number of nitro groups is 1. The van der Waals surface area contributed by atoms with Crippen LogP contribution in [0, 0.1) is 10.1 Å². The third kappa shape index (κ3) is 2.83. The van der Waals surface area contributed by atoms with Crippen molar-refractivity contribution >= 4 is 34.6 Å². The number of nitro benzene ring substituents is 1. The van der Waals surface area contributed by atoms with E-state index >= 15 is 0 Å². The zero-order valence-corrected chi connectivity index (χ0v) is 11.6. The molecule has 0 aliphatic heterocycles. The summed E-state index contributed by atoms with van der Waals surface area (Å²) in [4.78, 5) is 10.5. The van der Waals surface area contributed by atoms with E-state index in [1.165, 1.54) is 6.07 Å². The topological polar surface area (TPSA) is 60.1 Å². The van der Waals surface area contributed by atoms with Crippen molar-refractivity contribution in [2.45, 2.75) is 6.54 Å². The molecule has 1 N–H and O–H groups in total. The predicted octanol–water partition coefficient (Wildman–Crippen LogP) is 3.85. The van der Waals surface area contributed by atoms with Crippen molar-refractivity contribution < 1.29 is 4.92 Å². The zero-order valence-electron chi connectivity index (χ0n) is 10.1. The number of halogens is 2. The Morgan fingerprint density at radius 1 is 1.37 bits per heavy atom. The summed E-state index contributed by atoms with van der Waals surface area (Å²) in [5.41, 5.74) is 1.34. The van der Waals surface area contributed by atoms with Crippen molar-refractivity contribution in [3.05, 3.63) is 56.3 Å². The monoisotopic (exact) mass is 299 g/mol. The Kier molecular flexibility index (Phi) is 3.97. The summed E-state index contributed by atoms with van der Waals surface area (Å²) in [5.74, 6) is 0. The van der Waals surface area contributed by atoms with Crippen molar-refractivity contribution in [2.24, 2.45) is 7.05 Å². The van der Waals surface area contributed by atoms with E-state index in [2.05, 4.69) is 5.32 Å². The van der Waals surface area contributed by atoms with Crippen LogP contribution in [0.3, 0.4) is 0 Å². The molecule has 0 aliphatic carbocycles. The van der Waals surface area contributed by atoms with E-state index in [1.54, 1.807) is 35.9 Å². The van der Waals surface area contributed by atoms with Gasteiger partial charge in [-0.2, -0.15) is 0 Å². The minimum absolute atomic E-state index is 0.0360. The largest absolute Gasteiger partial charge is 0.374 e. The van der Waals surface area contributed by atoms with Crippen LogP contribution in [0.25, 0.3) is 0 Å². The summed E-state index contributed by atoms with van der Waals surface area (Å²) in [6.07, 6.45) is 0. The van der Waals surface area contributed by atoms with Crippen LogP contribution >= 0.6 is 23.2 Å². The van der Waals surface area contributed by atoms with Gasteiger partial charge in [0.2, 0.25) is 0 Å². The number of benzene rings is 1. The number of rotatable bonds is 4. The zero-order chi connectivity index (χ0) is 14.0. The van der Waals surface area contributed by atoms with E-state index in [1.807, 2.05) is 0 Å². The Balaban J connectivity index is 2.19. The van der Waals surface area contributed by atoms with Crippen LogP contribution in [0.2, 0.25) is 10.2 Å². The normalized spacial score (nSPS) is 10.5. The number of hydrogen-bond acceptors (Lipinski definition) is 3. The van der Waals surface area contributed by atoms with Gasteiger partial charge in [0.05, 0.1) is 16.5 Å². The minimum Gasteiger partial charge on any atom is -0.374 e. The number of para-hydroxylation sites is 2. The molecule has 0 saturated carbocycles. The maximum absolute atomic E-state index is 10.9. The molecule has 1 aromatic carbocycles. The van der Waals surface area contributed by atoms with Gasteiger partial charge in [0, 0.05) is 18.8 Å². The van der Waals surface area contributed by atoms with E-state index < -0.39 is 4.92 Å². The number of nitrogens with one attached hydrogen (secondary N) is 1. The van der Waals surface area contributed by atoms with E-state index in [4.69, 9.17) is 23.2 Å². The molecule has 1 aromatic heterocycles. The number of aromatic nitrogens is 1. The van der Waals surface area contributed by atoms with E-state index in [-0.39, 0.29) is 5.69 Å². The van der Waals surface area contributed by atoms with Crippen LogP contribution in [-0.2, 0) is 13.6 Å². The summed E-state index contributed by atoms with van der Waals surface area (Å²) in [5, 5.41) is 14.8. The first-order valence-electron chi connectivity index (χ1n) is 5.47. The van der Waals surface area contributed by atoms with Crippen molar-refractivity contribution in [3.63, 3.8) is 0 Å². The lowest BCUT2D eigenvalue weighted by molar-refractivity contribution is -0.384. The Morgan fingerprint density at radius 3 is 2.63 bits per heavy atom. The second-order valence-corrected chi connectivity index (χ2v) is 4.73. The fourth-order valence-electron chi connectivity index (χ4n) is 1.73. The molecule has 1 heterocycles. The highest BCUT2D eigenvalue weighted by atomic mass is 35.5. The standard InChI is InChI=1S/C12H11Cl2N3O2/c1-16-8(6-9(13)12(16)14)7-15-10-4-2-3-5-11(10)17(18)19/h2-6,15H,7H2,1H3. The molecule has 19 heavy (non-hydrogen) atoms. The maximum atomic E-state index is 10.9. The molecule has 2 aromatic rings. The second-order valence-electron chi connectivity index (χ2n) is 3.96. The molecule has 2 rings (SSSR count). The molecule has 0 spiro atoms. The van der Waals surface area contributed by atoms with Crippen LogP contribution in [0.15, 0.2) is 30.3 Å². The quantitative estimate of drug-likeness (QED) is 0.689. The van der Waals surface area contributed by atoms with Gasteiger partial charge in [-0.3, -0.25) is 10.1 Å². The van der Waals surface area contributed by atoms with Gasteiger partial charge < -0.3 is 9.88 Å². The highest BCUT2D eigenvalue weighted by molar-refractivity contribution is 6.41. The Bertz CT molecular complexity index is 625. The van der Waals surface area contributed by atoms with Crippen molar-refractivity contribution in [3.8, 4) is 0 Å². The molecule has 7 heteroatoms. The summed E-state index contributed by atoms with van der Waals surface area (Å²) in [7, 11) is 1.78. The van der Waals surface area contributed by atoms with Gasteiger partial charge in [0.25, 0.3) is 5.69 Å². The van der Waals surface area contributed by atoms with Crippen LogP contribution in [-0.4, -0.2) is 9.49 Å². The first kappa shape index (κ1) is 13.7. The third-order valence-electron chi connectivity index (χ3n) is 2.78. The smallest absolute Gasteiger partial charge is 0.292 e. The van der Waals surface area contributed by atoms with Gasteiger partial charge in [0.1, 0.15) is 10.8 Å². The van der Waals surface area contributed by atoms with Gasteiger partial charge in [-0.25, -0.2) is 0 Å². The van der Waals surface area contributed by atoms with Gasteiger partial charge in [-0.15, -0.1) is 0 Å². The Hall–Kier alpha value is -1.72. The van der Waals surface area contributed by atoms with Crippen molar-refractivity contribution in [1.82, 2.24) is 4.57 Å². The molecule has 0 radical (unpaired) electrons. The molecule has 0 atom stereocenters. The summed E-state index contributed by atoms with van der Waals surface area (Å²) < 4.78 is 1.73. The lowest BCUT2D eigenvalue weighted by atomic mass is 10.2. The molecular weight excluding hydrogens is 289 g/mol. The van der Waals surface area contributed by atoms with E-state index in [0.717, 1.165) is 5.69 Å². The molecule has 0 unspecified atom stereocenters. The van der Waals surface area contributed by atoms with Crippen molar-refractivity contribution in [1.29, 1.82) is 0 Å². The SMILES string of the molecule is Cn1c(CNc2ccccc2[N+](=O)[O-])cc(Cl)c1Cl. The van der Waals surface area contributed by atoms with Crippen molar-refractivity contribution in [2.75, 3.05) is 5.32 Å². The maximum Gasteiger partial charge on any atom is 0.292 e. The first-order valence-corrected chi connectivity index (χ1v) is 6.23. The first-order chi connectivity index (χ1) is 9.00. The van der Waals surface area contributed by atoms with Crippen LogP contribution in [0.5, 0.6) is 0 Å². The molecule has 100 valence electrons. The number of anilines is 1. The molecule has 0 amide bonds. The minimum atomic E-state index is -0.423. The Morgan fingerprint density at radius 2 is 2.05 bits per heavy atom. The van der Waals surface area contributed by atoms with Crippen LogP contribution < -0.4 is 5.32 Å². The second kappa shape index (κ2) is 5.50. The molecule has 5 nitrogen and oxygen atoms in total. The lowest BCUT2D eigenvalue weighted by Crippen LogP contribution is -2.06. The van der Waals surface area contributed by atoms with Crippen LogP contribution in [0.1, 0.15) is 5.69 Å². The lowest BCUT2D eigenvalue weighted by Gasteiger charge is -2.08. The molecule has 0 saturated heterocycles. The fraction of sp³-hybridized carbons (Fsp3) is 0.167. The average Bonchev–Trinajstić information content (AvgIpc) is 2.64. The average molecular weight is 300 g/mol. The summed E-state index contributed by atoms with van der Waals surface area (Å²) in [6.45, 7) is 0.397. The molecule has 0 bridgehead atoms. The van der Waals surface area contributed by atoms with Gasteiger partial charge in [0.15, 0.2) is 0 Å².